The summed E-state index contributed by atoms with van der Waals surface area (Å²) >= 11 is 5.96. The molecule has 28 heavy (non-hydrogen) atoms. The summed E-state index contributed by atoms with van der Waals surface area (Å²) in [6, 6.07) is 11.7. The van der Waals surface area contributed by atoms with Gasteiger partial charge < -0.3 is 10.2 Å². The smallest absolute Gasteiger partial charge is 0.253 e. The highest BCUT2D eigenvalue weighted by molar-refractivity contribution is 6.33. The molecule has 1 saturated heterocycles. The second-order valence-corrected chi connectivity index (χ2v) is 7.08. The van der Waals surface area contributed by atoms with Crippen LogP contribution in [0.25, 0.3) is 11.3 Å². The van der Waals surface area contributed by atoms with Gasteiger partial charge in [-0.3, -0.25) is 9.89 Å². The Morgan fingerprint density at radius 3 is 2.64 bits per heavy atom. The molecule has 8 heteroatoms. The monoisotopic (exact) mass is 402 g/mol. The fourth-order valence-electron chi connectivity index (χ4n) is 3.27. The molecule has 2 aromatic carbocycles. The maximum atomic E-state index is 13.1. The number of hydrogen-bond acceptors (Lipinski definition) is 3. The molecule has 3 aromatic rings. The van der Waals surface area contributed by atoms with E-state index in [-0.39, 0.29) is 28.4 Å². The number of amides is 1. The van der Waals surface area contributed by atoms with Crippen molar-refractivity contribution in [3.8, 4) is 11.3 Å². The molecule has 0 aliphatic carbocycles. The van der Waals surface area contributed by atoms with E-state index in [2.05, 4.69) is 20.4 Å². The first-order valence-corrected chi connectivity index (χ1v) is 9.19. The first kappa shape index (κ1) is 18.4. The number of halogens is 3. The van der Waals surface area contributed by atoms with Crippen LogP contribution in [0.2, 0.25) is 5.02 Å². The fourth-order valence-corrected chi connectivity index (χ4v) is 3.53. The Morgan fingerprint density at radius 2 is 1.89 bits per heavy atom. The topological polar surface area (TPSA) is 61.0 Å². The standard InChI is InChI=1S/C20H17ClF2N4O/c21-17-9-14(23)5-6-16(17)20(28)24-15-7-8-27(11-15)19-10-18(25-26-19)12-1-3-13(22)4-2-12/h1-6,9-10,15H,7-8,11H2,(H,24,28)(H,25,26). The number of hydrogen-bond donors (Lipinski definition) is 2. The number of rotatable bonds is 4. The van der Waals surface area contributed by atoms with Gasteiger partial charge in [-0.15, -0.1) is 0 Å². The third-order valence-corrected chi connectivity index (χ3v) is 5.06. The lowest BCUT2D eigenvalue weighted by Crippen LogP contribution is -2.37. The molecule has 0 spiro atoms. The lowest BCUT2D eigenvalue weighted by atomic mass is 10.1. The Balaban J connectivity index is 1.40. The van der Waals surface area contributed by atoms with Crippen molar-refractivity contribution in [2.75, 3.05) is 18.0 Å². The minimum absolute atomic E-state index is 0.0698. The van der Waals surface area contributed by atoms with Crippen LogP contribution < -0.4 is 10.2 Å². The second kappa shape index (κ2) is 7.59. The van der Waals surface area contributed by atoms with E-state index in [1.165, 1.54) is 24.3 Å². The van der Waals surface area contributed by atoms with Crippen LogP contribution in [-0.4, -0.2) is 35.2 Å². The predicted octanol–water partition coefficient (Wildman–Crippen LogP) is 4.02. The van der Waals surface area contributed by atoms with Crippen LogP contribution >= 0.6 is 11.6 Å². The molecule has 5 nitrogen and oxygen atoms in total. The predicted molar refractivity (Wildman–Crippen MR) is 103 cm³/mol. The summed E-state index contributed by atoms with van der Waals surface area (Å²) in [4.78, 5) is 14.5. The SMILES string of the molecule is O=C(NC1CCN(c2cc(-c3ccc(F)cc3)[nH]n2)C1)c1ccc(F)cc1Cl. The number of H-pyrrole nitrogens is 1. The molecule has 1 fully saturated rings. The van der Waals surface area contributed by atoms with Crippen LogP contribution in [0.5, 0.6) is 0 Å². The molecule has 144 valence electrons. The third kappa shape index (κ3) is 3.84. The molecule has 1 aliphatic rings. The zero-order valence-electron chi connectivity index (χ0n) is 14.8. The quantitative estimate of drug-likeness (QED) is 0.693. The Bertz CT molecular complexity index is 1010. The molecule has 1 aliphatic heterocycles. The second-order valence-electron chi connectivity index (χ2n) is 6.68. The lowest BCUT2D eigenvalue weighted by Gasteiger charge is -2.16. The largest absolute Gasteiger partial charge is 0.353 e. The summed E-state index contributed by atoms with van der Waals surface area (Å²) in [5.74, 6) is -0.339. The van der Waals surface area contributed by atoms with E-state index in [1.807, 2.05) is 6.07 Å². The molecule has 1 aromatic heterocycles. The van der Waals surface area contributed by atoms with E-state index in [1.54, 1.807) is 12.1 Å². The van der Waals surface area contributed by atoms with E-state index >= 15 is 0 Å². The minimum Gasteiger partial charge on any atom is -0.353 e. The molecule has 2 N–H and O–H groups in total. The highest BCUT2D eigenvalue weighted by atomic mass is 35.5. The summed E-state index contributed by atoms with van der Waals surface area (Å²) in [5.41, 5.74) is 1.88. The Morgan fingerprint density at radius 1 is 1.14 bits per heavy atom. The zero-order valence-corrected chi connectivity index (χ0v) is 15.5. The summed E-state index contributed by atoms with van der Waals surface area (Å²) < 4.78 is 26.2. The number of aromatic nitrogens is 2. The summed E-state index contributed by atoms with van der Waals surface area (Å²) in [7, 11) is 0. The van der Waals surface area contributed by atoms with Crippen LogP contribution in [0.4, 0.5) is 14.6 Å². The molecule has 2 heterocycles. The van der Waals surface area contributed by atoms with Crippen LogP contribution in [0.3, 0.4) is 0 Å². The molecule has 4 rings (SSSR count). The summed E-state index contributed by atoms with van der Waals surface area (Å²) in [6.07, 6.45) is 0.753. The zero-order chi connectivity index (χ0) is 19.7. The van der Waals surface area contributed by atoms with E-state index in [4.69, 9.17) is 11.6 Å². The van der Waals surface area contributed by atoms with Gasteiger partial charge in [0.15, 0.2) is 5.82 Å². The molecule has 0 saturated carbocycles. The van der Waals surface area contributed by atoms with Crippen molar-refractivity contribution < 1.29 is 13.6 Å². The van der Waals surface area contributed by atoms with Gasteiger partial charge >= 0.3 is 0 Å². The molecular formula is C20H17ClF2N4O. The van der Waals surface area contributed by atoms with Crippen molar-refractivity contribution in [3.05, 3.63) is 70.8 Å². The number of nitrogens with one attached hydrogen (secondary N) is 2. The van der Waals surface area contributed by atoms with Crippen molar-refractivity contribution in [3.63, 3.8) is 0 Å². The van der Waals surface area contributed by atoms with Crippen molar-refractivity contribution in [1.29, 1.82) is 0 Å². The normalized spacial score (nSPS) is 16.4. The highest BCUT2D eigenvalue weighted by Gasteiger charge is 2.26. The summed E-state index contributed by atoms with van der Waals surface area (Å²) in [5, 5.41) is 10.3. The Labute approximate surface area is 165 Å². The Kier molecular flexibility index (Phi) is 5.00. The molecular weight excluding hydrogens is 386 g/mol. The molecule has 1 amide bonds. The number of aromatic amines is 1. The molecule has 1 atom stereocenters. The number of benzene rings is 2. The van der Waals surface area contributed by atoms with Gasteiger partial charge in [0.25, 0.3) is 5.91 Å². The lowest BCUT2D eigenvalue weighted by molar-refractivity contribution is 0.0940. The van der Waals surface area contributed by atoms with Gasteiger partial charge in [-0.1, -0.05) is 11.6 Å². The van der Waals surface area contributed by atoms with Gasteiger partial charge in [0.1, 0.15) is 11.6 Å². The third-order valence-electron chi connectivity index (χ3n) is 4.74. The van der Waals surface area contributed by atoms with Crippen molar-refractivity contribution in [2.45, 2.75) is 12.5 Å². The van der Waals surface area contributed by atoms with Crippen LogP contribution in [0.1, 0.15) is 16.8 Å². The van der Waals surface area contributed by atoms with E-state index < -0.39 is 5.82 Å². The number of anilines is 1. The van der Waals surface area contributed by atoms with Gasteiger partial charge in [-0.2, -0.15) is 5.10 Å². The Hall–Kier alpha value is -2.93. The highest BCUT2D eigenvalue weighted by Crippen LogP contribution is 2.25. The summed E-state index contributed by atoms with van der Waals surface area (Å²) in [6.45, 7) is 1.33. The van der Waals surface area contributed by atoms with Crippen LogP contribution in [0, 0.1) is 11.6 Å². The molecule has 0 radical (unpaired) electrons. The maximum absolute atomic E-state index is 13.1. The number of carbonyl (C=O) groups excluding carboxylic acids is 1. The molecule has 1 unspecified atom stereocenters. The van der Waals surface area contributed by atoms with Gasteiger partial charge in [0.05, 0.1) is 16.3 Å². The van der Waals surface area contributed by atoms with E-state index in [0.29, 0.717) is 6.54 Å². The molecule has 0 bridgehead atoms. The van der Waals surface area contributed by atoms with Crippen molar-refractivity contribution >= 4 is 23.3 Å². The fraction of sp³-hybridized carbons (Fsp3) is 0.200. The van der Waals surface area contributed by atoms with E-state index in [0.717, 1.165) is 36.1 Å². The van der Waals surface area contributed by atoms with Crippen molar-refractivity contribution in [2.24, 2.45) is 0 Å². The van der Waals surface area contributed by atoms with Crippen molar-refractivity contribution in [1.82, 2.24) is 15.5 Å². The maximum Gasteiger partial charge on any atom is 0.253 e. The van der Waals surface area contributed by atoms with Crippen LogP contribution in [-0.2, 0) is 0 Å². The average Bonchev–Trinajstić information content (AvgIpc) is 3.31. The van der Waals surface area contributed by atoms with Gasteiger partial charge in [0, 0.05) is 25.2 Å². The van der Waals surface area contributed by atoms with Gasteiger partial charge in [0.2, 0.25) is 0 Å². The average molecular weight is 403 g/mol. The van der Waals surface area contributed by atoms with Gasteiger partial charge in [-0.05, 0) is 54.4 Å². The number of nitrogens with zero attached hydrogens (tertiary/aromatic N) is 2. The van der Waals surface area contributed by atoms with Gasteiger partial charge in [-0.25, -0.2) is 8.78 Å². The first-order chi connectivity index (χ1) is 13.5. The minimum atomic E-state index is -0.482. The first-order valence-electron chi connectivity index (χ1n) is 8.82. The van der Waals surface area contributed by atoms with Crippen LogP contribution in [0.15, 0.2) is 48.5 Å². The number of carbonyl (C=O) groups is 1. The van der Waals surface area contributed by atoms with E-state index in [9.17, 15) is 13.6 Å².